The summed E-state index contributed by atoms with van der Waals surface area (Å²) in [6.07, 6.45) is 1.86. The van der Waals surface area contributed by atoms with Gasteiger partial charge in [0.05, 0.1) is 25.0 Å². The molecule has 5 rings (SSSR count). The molecule has 0 saturated carbocycles. The molecule has 3 heterocycles. The Kier molecular flexibility index (Phi) is 5.92. The number of carbonyl (C=O) groups excluding carboxylic acids is 1. The lowest BCUT2D eigenvalue weighted by Crippen LogP contribution is -2.46. The van der Waals surface area contributed by atoms with Gasteiger partial charge in [-0.25, -0.2) is 17.8 Å². The molecule has 0 atom stereocenters. The highest BCUT2D eigenvalue weighted by Gasteiger charge is 2.46. The molecule has 0 bridgehead atoms. The van der Waals surface area contributed by atoms with Gasteiger partial charge in [-0.15, -0.1) is 0 Å². The number of aromatic nitrogens is 1. The first kappa shape index (κ1) is 22.7. The lowest BCUT2D eigenvalue weighted by molar-refractivity contribution is -0.129. The lowest BCUT2D eigenvalue weighted by atomic mass is 9.78. The molecule has 1 amide bonds. The smallest absolute Gasteiger partial charge is 0.243 e. The van der Waals surface area contributed by atoms with Crippen molar-refractivity contribution >= 4 is 58.5 Å². The summed E-state index contributed by atoms with van der Waals surface area (Å²) in [5.74, 6) is -0.276. The van der Waals surface area contributed by atoms with Crippen molar-refractivity contribution in [3.8, 4) is 0 Å². The van der Waals surface area contributed by atoms with Crippen LogP contribution in [-0.2, 0) is 21.4 Å². The van der Waals surface area contributed by atoms with Gasteiger partial charge in [0.1, 0.15) is 5.82 Å². The van der Waals surface area contributed by atoms with Gasteiger partial charge in [-0.05, 0) is 65.0 Å². The molecule has 2 saturated heterocycles. The predicted octanol–water partition coefficient (Wildman–Crippen LogP) is 4.10. The van der Waals surface area contributed by atoms with Crippen molar-refractivity contribution in [2.24, 2.45) is 5.41 Å². The van der Waals surface area contributed by atoms with E-state index >= 15 is 0 Å². The Morgan fingerprint density at radius 2 is 2.00 bits per heavy atom. The van der Waals surface area contributed by atoms with Gasteiger partial charge in [-0.1, -0.05) is 23.5 Å². The van der Waals surface area contributed by atoms with Crippen molar-refractivity contribution < 1.29 is 17.6 Å². The van der Waals surface area contributed by atoms with E-state index in [0.29, 0.717) is 54.1 Å². The SMILES string of the molecule is O=C1NCCC12CCN(S(=O)(=O)c1ccc3nc(NCc4cccc(F)c4Br)sc3c1)CC2. The van der Waals surface area contributed by atoms with Crippen molar-refractivity contribution in [3.63, 3.8) is 0 Å². The summed E-state index contributed by atoms with van der Waals surface area (Å²) in [6, 6.07) is 9.79. The van der Waals surface area contributed by atoms with E-state index in [1.54, 1.807) is 24.3 Å². The van der Waals surface area contributed by atoms with E-state index in [2.05, 4.69) is 31.5 Å². The number of piperidine rings is 1. The number of carbonyl (C=O) groups is 1. The summed E-state index contributed by atoms with van der Waals surface area (Å²) in [4.78, 5) is 16.9. The van der Waals surface area contributed by atoms with E-state index < -0.39 is 15.4 Å². The highest BCUT2D eigenvalue weighted by atomic mass is 79.9. The highest BCUT2D eigenvalue weighted by Crippen LogP contribution is 2.39. The molecule has 2 aromatic carbocycles. The topological polar surface area (TPSA) is 91.4 Å². The van der Waals surface area contributed by atoms with Gasteiger partial charge < -0.3 is 10.6 Å². The minimum atomic E-state index is -3.66. The van der Waals surface area contributed by atoms with Crippen LogP contribution >= 0.6 is 27.3 Å². The van der Waals surface area contributed by atoms with Crippen LogP contribution in [0.15, 0.2) is 45.8 Å². The third-order valence-corrected chi connectivity index (χ3v) is 10.3. The van der Waals surface area contributed by atoms with Gasteiger partial charge in [0.2, 0.25) is 15.9 Å². The maximum Gasteiger partial charge on any atom is 0.243 e. The zero-order valence-corrected chi connectivity index (χ0v) is 20.8. The Hall–Kier alpha value is -2.08. The van der Waals surface area contributed by atoms with Crippen molar-refractivity contribution in [2.75, 3.05) is 25.0 Å². The van der Waals surface area contributed by atoms with E-state index in [9.17, 15) is 17.6 Å². The number of benzene rings is 2. The highest BCUT2D eigenvalue weighted by molar-refractivity contribution is 9.10. The molecule has 11 heteroatoms. The summed E-state index contributed by atoms with van der Waals surface area (Å²) in [6.45, 7) is 1.73. The molecule has 0 aliphatic carbocycles. The van der Waals surface area contributed by atoms with Gasteiger partial charge in [0, 0.05) is 26.2 Å². The number of sulfonamides is 1. The van der Waals surface area contributed by atoms with Gasteiger partial charge >= 0.3 is 0 Å². The summed E-state index contributed by atoms with van der Waals surface area (Å²) in [5, 5.41) is 6.69. The fourth-order valence-corrected chi connectivity index (χ4v) is 7.34. The number of halogens is 2. The van der Waals surface area contributed by atoms with E-state index in [1.165, 1.54) is 21.7 Å². The second-order valence-electron chi connectivity index (χ2n) is 8.41. The molecule has 1 aromatic heterocycles. The molecular formula is C22H22BrFN4O3S2. The summed E-state index contributed by atoms with van der Waals surface area (Å²) in [5.41, 5.74) is 1.04. The zero-order valence-electron chi connectivity index (χ0n) is 17.6. The number of fused-ring (bicyclic) bond motifs is 1. The molecule has 0 radical (unpaired) electrons. The minimum Gasteiger partial charge on any atom is -0.357 e. The van der Waals surface area contributed by atoms with Crippen LogP contribution in [0.2, 0.25) is 0 Å². The van der Waals surface area contributed by atoms with Crippen molar-refractivity contribution in [1.82, 2.24) is 14.6 Å². The van der Waals surface area contributed by atoms with Crippen molar-refractivity contribution in [1.29, 1.82) is 0 Å². The fraction of sp³-hybridized carbons (Fsp3) is 0.364. The first-order valence-corrected chi connectivity index (χ1v) is 13.7. The van der Waals surface area contributed by atoms with Crippen LogP contribution in [0.25, 0.3) is 10.2 Å². The lowest BCUT2D eigenvalue weighted by Gasteiger charge is -2.36. The number of rotatable bonds is 5. The Morgan fingerprint density at radius 3 is 2.73 bits per heavy atom. The Labute approximate surface area is 203 Å². The van der Waals surface area contributed by atoms with Gasteiger partial charge in [-0.3, -0.25) is 4.79 Å². The number of nitrogens with one attached hydrogen (secondary N) is 2. The molecule has 2 N–H and O–H groups in total. The van der Waals surface area contributed by atoms with Gasteiger partial charge in [0.25, 0.3) is 0 Å². The number of hydrogen-bond acceptors (Lipinski definition) is 6. The van der Waals surface area contributed by atoms with Crippen LogP contribution in [-0.4, -0.2) is 43.2 Å². The zero-order chi connectivity index (χ0) is 23.2. The van der Waals surface area contributed by atoms with Crippen LogP contribution in [0, 0.1) is 11.2 Å². The Morgan fingerprint density at radius 1 is 1.21 bits per heavy atom. The van der Waals surface area contributed by atoms with Gasteiger partial charge in [-0.2, -0.15) is 4.31 Å². The molecule has 2 fully saturated rings. The van der Waals surface area contributed by atoms with Crippen LogP contribution in [0.3, 0.4) is 0 Å². The summed E-state index contributed by atoms with van der Waals surface area (Å²) in [7, 11) is -3.66. The molecule has 3 aromatic rings. The predicted molar refractivity (Wildman–Crippen MR) is 129 cm³/mol. The Balaban J connectivity index is 1.32. The largest absolute Gasteiger partial charge is 0.357 e. The van der Waals surface area contributed by atoms with Crippen LogP contribution in [0.1, 0.15) is 24.8 Å². The molecule has 33 heavy (non-hydrogen) atoms. The second kappa shape index (κ2) is 8.61. The maximum atomic E-state index is 13.7. The van der Waals surface area contributed by atoms with Crippen molar-refractivity contribution in [2.45, 2.75) is 30.7 Å². The molecule has 174 valence electrons. The van der Waals surface area contributed by atoms with E-state index in [1.807, 2.05) is 6.07 Å². The summed E-state index contributed by atoms with van der Waals surface area (Å²) < 4.78 is 42.9. The number of anilines is 1. The van der Waals surface area contributed by atoms with Gasteiger partial charge in [0.15, 0.2) is 5.13 Å². The number of hydrogen-bond donors (Lipinski definition) is 2. The minimum absolute atomic E-state index is 0.0518. The molecule has 0 unspecified atom stereocenters. The quantitative estimate of drug-likeness (QED) is 0.497. The van der Waals surface area contributed by atoms with E-state index in [0.717, 1.165) is 16.7 Å². The number of nitrogens with zero attached hydrogens (tertiary/aromatic N) is 2. The molecule has 7 nitrogen and oxygen atoms in total. The molecular weight excluding hydrogens is 531 g/mol. The standard InChI is InChI=1S/C22H22BrFN4O3S2/c23-19-14(2-1-3-16(19)24)13-26-21-27-17-5-4-15(12-18(17)32-21)33(30,31)28-10-7-22(8-11-28)6-9-25-20(22)29/h1-5,12H,6-11,13H2,(H,25,29)(H,26,27). The van der Waals surface area contributed by atoms with Crippen molar-refractivity contribution in [3.05, 3.63) is 52.3 Å². The van der Waals surface area contributed by atoms with E-state index in [-0.39, 0.29) is 16.6 Å². The monoisotopic (exact) mass is 552 g/mol. The number of thiazole rings is 1. The Bertz CT molecular complexity index is 1340. The first-order valence-electron chi connectivity index (χ1n) is 10.6. The molecule has 1 spiro atoms. The summed E-state index contributed by atoms with van der Waals surface area (Å²) >= 11 is 4.61. The van der Waals surface area contributed by atoms with Crippen LogP contribution in [0.5, 0.6) is 0 Å². The first-order chi connectivity index (χ1) is 15.8. The number of amides is 1. The third kappa shape index (κ3) is 4.16. The van der Waals surface area contributed by atoms with Crippen LogP contribution < -0.4 is 10.6 Å². The van der Waals surface area contributed by atoms with E-state index in [4.69, 9.17) is 0 Å². The molecule has 2 aliphatic heterocycles. The maximum absolute atomic E-state index is 13.7. The fourth-order valence-electron chi connectivity index (χ4n) is 4.49. The van der Waals surface area contributed by atoms with Crippen LogP contribution in [0.4, 0.5) is 9.52 Å². The normalized spacial score (nSPS) is 18.7. The molecule has 2 aliphatic rings. The average molecular weight is 553 g/mol. The second-order valence-corrected chi connectivity index (χ2v) is 12.2. The third-order valence-electron chi connectivity index (χ3n) is 6.51. The average Bonchev–Trinajstić information content (AvgIpc) is 3.37.